The summed E-state index contributed by atoms with van der Waals surface area (Å²) in [6.07, 6.45) is 8.16. The molecule has 24 heavy (non-hydrogen) atoms. The molecule has 3 aromatic rings. The van der Waals surface area contributed by atoms with Gasteiger partial charge in [0.1, 0.15) is 6.26 Å². The fourth-order valence-electron chi connectivity index (χ4n) is 3.35. The number of hydrogen-bond acceptors (Lipinski definition) is 4. The van der Waals surface area contributed by atoms with Crippen molar-refractivity contribution < 1.29 is 4.42 Å². The zero-order valence-electron chi connectivity index (χ0n) is 13.5. The molecule has 0 aliphatic carbocycles. The molecule has 4 rings (SSSR count). The summed E-state index contributed by atoms with van der Waals surface area (Å²) in [5.74, 6) is 0.615. The normalized spacial score (nSPS) is 18.3. The van der Waals surface area contributed by atoms with Crippen molar-refractivity contribution in [3.8, 4) is 11.5 Å². The van der Waals surface area contributed by atoms with Crippen LogP contribution in [0.2, 0.25) is 5.02 Å². The summed E-state index contributed by atoms with van der Waals surface area (Å²) in [6.45, 7) is 1.85. The molecule has 1 aliphatic heterocycles. The monoisotopic (exact) mass is 342 g/mol. The van der Waals surface area contributed by atoms with Gasteiger partial charge in [-0.25, -0.2) is 4.98 Å². The summed E-state index contributed by atoms with van der Waals surface area (Å²) in [7, 11) is 1.96. The molecule has 1 saturated heterocycles. The number of aryl methyl sites for hydroxylation is 1. The molecule has 1 atom stereocenters. The standard InChI is InChI=1S/C18H19ClN4O/c1-22-10-14(9-20-22)17-6-3-7-23(17)11-16-12-24-18(21-16)13-4-2-5-15(19)8-13/h2,4-5,8-10,12,17H,3,6-7,11H2,1H3. The molecule has 1 aromatic carbocycles. The van der Waals surface area contributed by atoms with Crippen molar-refractivity contribution in [2.45, 2.75) is 25.4 Å². The van der Waals surface area contributed by atoms with Crippen LogP contribution in [0, 0.1) is 0 Å². The predicted molar refractivity (Wildman–Crippen MR) is 92.5 cm³/mol. The SMILES string of the molecule is Cn1cc(C2CCCN2Cc2coc(-c3cccc(Cl)c3)n2)cn1. The van der Waals surface area contributed by atoms with Gasteiger partial charge in [0, 0.05) is 42.0 Å². The van der Waals surface area contributed by atoms with Crippen LogP contribution in [-0.4, -0.2) is 26.2 Å². The lowest BCUT2D eigenvalue weighted by Gasteiger charge is -2.22. The van der Waals surface area contributed by atoms with E-state index in [1.165, 1.54) is 12.0 Å². The highest BCUT2D eigenvalue weighted by atomic mass is 35.5. The Kier molecular flexibility index (Phi) is 4.12. The predicted octanol–water partition coefficient (Wildman–Crippen LogP) is 4.07. The Morgan fingerprint density at radius 2 is 2.29 bits per heavy atom. The molecule has 0 radical (unpaired) electrons. The van der Waals surface area contributed by atoms with Crippen LogP contribution in [0.5, 0.6) is 0 Å². The van der Waals surface area contributed by atoms with Gasteiger partial charge >= 0.3 is 0 Å². The molecule has 124 valence electrons. The Labute approximate surface area is 145 Å². The Hall–Kier alpha value is -2.11. The molecule has 3 heterocycles. The van der Waals surface area contributed by atoms with E-state index in [1.54, 1.807) is 6.26 Å². The lowest BCUT2D eigenvalue weighted by molar-refractivity contribution is 0.245. The second-order valence-electron chi connectivity index (χ2n) is 6.23. The van der Waals surface area contributed by atoms with Crippen LogP contribution in [0.3, 0.4) is 0 Å². The molecule has 1 fully saturated rings. The minimum Gasteiger partial charge on any atom is -0.444 e. The van der Waals surface area contributed by atoms with Crippen molar-refractivity contribution in [1.82, 2.24) is 19.7 Å². The summed E-state index contributed by atoms with van der Waals surface area (Å²) < 4.78 is 7.51. The molecule has 5 nitrogen and oxygen atoms in total. The lowest BCUT2D eigenvalue weighted by atomic mass is 10.1. The molecule has 0 bridgehead atoms. The highest BCUT2D eigenvalue weighted by Crippen LogP contribution is 2.33. The molecule has 1 aliphatic rings. The first-order valence-corrected chi connectivity index (χ1v) is 8.50. The van der Waals surface area contributed by atoms with Crippen LogP contribution < -0.4 is 0 Å². The first-order valence-electron chi connectivity index (χ1n) is 8.12. The average Bonchev–Trinajstić information content (AvgIpc) is 3.28. The third-order valence-electron chi connectivity index (χ3n) is 4.46. The van der Waals surface area contributed by atoms with Gasteiger partial charge in [0.05, 0.1) is 11.9 Å². The van der Waals surface area contributed by atoms with Gasteiger partial charge in [0.15, 0.2) is 0 Å². The summed E-state index contributed by atoms with van der Waals surface area (Å²) in [6, 6.07) is 7.98. The molecule has 0 saturated carbocycles. The van der Waals surface area contributed by atoms with Crippen molar-refractivity contribution in [3.05, 3.63) is 59.2 Å². The third-order valence-corrected chi connectivity index (χ3v) is 4.70. The van der Waals surface area contributed by atoms with Gasteiger partial charge in [-0.1, -0.05) is 17.7 Å². The van der Waals surface area contributed by atoms with E-state index in [4.69, 9.17) is 16.0 Å². The molecule has 6 heteroatoms. The van der Waals surface area contributed by atoms with Crippen molar-refractivity contribution in [1.29, 1.82) is 0 Å². The topological polar surface area (TPSA) is 47.1 Å². The summed E-state index contributed by atoms with van der Waals surface area (Å²) in [5, 5.41) is 4.98. The number of aromatic nitrogens is 3. The third kappa shape index (κ3) is 3.09. The molecule has 0 N–H and O–H groups in total. The van der Waals surface area contributed by atoms with Crippen molar-refractivity contribution in [2.24, 2.45) is 7.05 Å². The highest BCUT2D eigenvalue weighted by molar-refractivity contribution is 6.30. The van der Waals surface area contributed by atoms with Gasteiger partial charge in [-0.05, 0) is 37.6 Å². The van der Waals surface area contributed by atoms with Gasteiger partial charge in [-0.3, -0.25) is 9.58 Å². The number of nitrogens with zero attached hydrogens (tertiary/aromatic N) is 4. The second-order valence-corrected chi connectivity index (χ2v) is 6.67. The van der Waals surface area contributed by atoms with Gasteiger partial charge in [0.2, 0.25) is 5.89 Å². The summed E-state index contributed by atoms with van der Waals surface area (Å²) >= 11 is 6.04. The van der Waals surface area contributed by atoms with Crippen LogP contribution in [0.15, 0.2) is 47.3 Å². The van der Waals surface area contributed by atoms with Crippen LogP contribution in [-0.2, 0) is 13.6 Å². The average molecular weight is 343 g/mol. The van der Waals surface area contributed by atoms with E-state index in [0.717, 1.165) is 30.8 Å². The van der Waals surface area contributed by atoms with E-state index >= 15 is 0 Å². The first kappa shape index (κ1) is 15.4. The van der Waals surface area contributed by atoms with Crippen molar-refractivity contribution >= 4 is 11.6 Å². The molecular weight excluding hydrogens is 324 g/mol. The van der Waals surface area contributed by atoms with E-state index in [1.807, 2.05) is 42.2 Å². The summed E-state index contributed by atoms with van der Waals surface area (Å²) in [4.78, 5) is 7.07. The Morgan fingerprint density at radius 1 is 1.38 bits per heavy atom. The van der Waals surface area contributed by atoms with Gasteiger partial charge in [0.25, 0.3) is 0 Å². The minimum atomic E-state index is 0.407. The van der Waals surface area contributed by atoms with Crippen LogP contribution in [0.4, 0.5) is 0 Å². The van der Waals surface area contributed by atoms with Gasteiger partial charge in [-0.2, -0.15) is 5.10 Å². The number of likely N-dealkylation sites (tertiary alicyclic amines) is 1. The molecule has 2 aromatic heterocycles. The highest BCUT2D eigenvalue weighted by Gasteiger charge is 2.27. The first-order chi connectivity index (χ1) is 11.7. The largest absolute Gasteiger partial charge is 0.444 e. The second kappa shape index (κ2) is 6.42. The zero-order valence-corrected chi connectivity index (χ0v) is 14.3. The number of hydrogen-bond donors (Lipinski definition) is 0. The van der Waals surface area contributed by atoms with Crippen molar-refractivity contribution in [2.75, 3.05) is 6.54 Å². The van der Waals surface area contributed by atoms with E-state index in [2.05, 4.69) is 21.2 Å². The Morgan fingerprint density at radius 3 is 3.08 bits per heavy atom. The lowest BCUT2D eigenvalue weighted by Crippen LogP contribution is -2.22. The molecular formula is C18H19ClN4O. The van der Waals surface area contributed by atoms with Crippen LogP contribution in [0.1, 0.15) is 30.1 Å². The quantitative estimate of drug-likeness (QED) is 0.717. The number of rotatable bonds is 4. The molecule has 1 unspecified atom stereocenters. The van der Waals surface area contributed by atoms with E-state index in [-0.39, 0.29) is 0 Å². The summed E-state index contributed by atoms with van der Waals surface area (Å²) in [5.41, 5.74) is 3.12. The maximum Gasteiger partial charge on any atom is 0.226 e. The smallest absolute Gasteiger partial charge is 0.226 e. The molecule has 0 spiro atoms. The van der Waals surface area contributed by atoms with Gasteiger partial charge in [-0.15, -0.1) is 0 Å². The molecule has 0 amide bonds. The van der Waals surface area contributed by atoms with Crippen LogP contribution >= 0.6 is 11.6 Å². The fourth-order valence-corrected chi connectivity index (χ4v) is 3.54. The zero-order chi connectivity index (χ0) is 16.5. The maximum absolute atomic E-state index is 6.04. The number of halogens is 1. The maximum atomic E-state index is 6.04. The van der Waals surface area contributed by atoms with E-state index < -0.39 is 0 Å². The number of benzene rings is 1. The van der Waals surface area contributed by atoms with E-state index in [9.17, 15) is 0 Å². The fraction of sp³-hybridized carbons (Fsp3) is 0.333. The van der Waals surface area contributed by atoms with Crippen LogP contribution in [0.25, 0.3) is 11.5 Å². The number of oxazole rings is 1. The minimum absolute atomic E-state index is 0.407. The van der Waals surface area contributed by atoms with E-state index in [0.29, 0.717) is 17.0 Å². The Balaban J connectivity index is 1.51. The van der Waals surface area contributed by atoms with Crippen molar-refractivity contribution in [3.63, 3.8) is 0 Å². The Bertz CT molecular complexity index is 841. The van der Waals surface area contributed by atoms with Gasteiger partial charge < -0.3 is 4.42 Å².